The molecule has 3 aliphatic carbocycles. The minimum atomic E-state index is -0.643. The van der Waals surface area contributed by atoms with Gasteiger partial charge < -0.3 is 20.8 Å². The zero-order valence-corrected chi connectivity index (χ0v) is 21.3. The molecule has 0 aliphatic heterocycles. The minimum Gasteiger partial charge on any atom is -0.396 e. The second-order valence-electron chi connectivity index (χ2n) is 12.2. The molecule has 3 aliphatic rings. The Bertz CT molecular complexity index is 921. The van der Waals surface area contributed by atoms with E-state index in [0.717, 1.165) is 29.8 Å². The van der Waals surface area contributed by atoms with Crippen LogP contribution in [0.4, 0.5) is 5.13 Å². The lowest BCUT2D eigenvalue weighted by molar-refractivity contribution is -0.144. The van der Waals surface area contributed by atoms with E-state index >= 15 is 0 Å². The molecular weight excluding hydrogens is 438 g/mol. The number of anilines is 1. The summed E-state index contributed by atoms with van der Waals surface area (Å²) < 4.78 is 0. The number of carbonyl (C=O) groups excluding carboxylic acids is 2. The van der Waals surface area contributed by atoms with Gasteiger partial charge in [-0.25, -0.2) is 4.98 Å². The Hall–Kier alpha value is -1.51. The SMILES string of the molecule is CC(C)(C)CC(=O)Nc1nc2c(s1)CC1C(C)(CO)C(O)CCC1(C)C2CC(=O)NC1CC1. The highest BCUT2D eigenvalue weighted by Gasteiger charge is 2.59. The molecule has 0 spiro atoms. The lowest BCUT2D eigenvalue weighted by Crippen LogP contribution is -2.57. The van der Waals surface area contributed by atoms with Crippen molar-refractivity contribution in [3.8, 4) is 0 Å². The van der Waals surface area contributed by atoms with Crippen molar-refractivity contribution < 1.29 is 19.8 Å². The topological polar surface area (TPSA) is 112 Å². The van der Waals surface area contributed by atoms with Crippen molar-refractivity contribution in [3.63, 3.8) is 0 Å². The molecule has 0 bridgehead atoms. The van der Waals surface area contributed by atoms with Crippen LogP contribution in [0.5, 0.6) is 0 Å². The molecular formula is C25H39N3O4S. The van der Waals surface area contributed by atoms with Crippen LogP contribution in [0, 0.1) is 22.2 Å². The van der Waals surface area contributed by atoms with Gasteiger partial charge in [0.05, 0.1) is 18.4 Å². The molecule has 7 nitrogen and oxygen atoms in total. The van der Waals surface area contributed by atoms with Crippen molar-refractivity contribution in [1.29, 1.82) is 0 Å². The van der Waals surface area contributed by atoms with Crippen LogP contribution in [-0.2, 0) is 16.0 Å². The molecule has 5 unspecified atom stereocenters. The Morgan fingerprint density at radius 1 is 1.18 bits per heavy atom. The van der Waals surface area contributed by atoms with E-state index in [1.54, 1.807) is 0 Å². The van der Waals surface area contributed by atoms with Crippen LogP contribution in [0.2, 0.25) is 0 Å². The van der Waals surface area contributed by atoms with Gasteiger partial charge in [0.25, 0.3) is 0 Å². The number of aliphatic hydroxyl groups is 2. The molecule has 0 saturated heterocycles. The fourth-order valence-electron chi connectivity index (χ4n) is 6.04. The van der Waals surface area contributed by atoms with Crippen molar-refractivity contribution in [3.05, 3.63) is 10.6 Å². The number of hydrogen-bond acceptors (Lipinski definition) is 6. The molecule has 1 aromatic heterocycles. The smallest absolute Gasteiger partial charge is 0.226 e. The first-order valence-corrected chi connectivity index (χ1v) is 13.0. The molecule has 8 heteroatoms. The van der Waals surface area contributed by atoms with Crippen LogP contribution >= 0.6 is 11.3 Å². The largest absolute Gasteiger partial charge is 0.396 e. The molecule has 33 heavy (non-hydrogen) atoms. The van der Waals surface area contributed by atoms with E-state index < -0.39 is 11.5 Å². The van der Waals surface area contributed by atoms with E-state index in [-0.39, 0.29) is 41.1 Å². The first kappa shape index (κ1) is 24.6. The normalized spacial score (nSPS) is 33.7. The lowest BCUT2D eigenvalue weighted by atomic mass is 9.47. The van der Waals surface area contributed by atoms with Crippen LogP contribution in [-0.4, -0.2) is 45.8 Å². The molecule has 1 aromatic rings. The van der Waals surface area contributed by atoms with Crippen LogP contribution in [0.1, 0.15) is 89.6 Å². The molecule has 1 heterocycles. The molecule has 0 radical (unpaired) electrons. The van der Waals surface area contributed by atoms with Gasteiger partial charge in [0.1, 0.15) is 0 Å². The average Bonchev–Trinajstić information content (AvgIpc) is 3.42. The third-order valence-corrected chi connectivity index (χ3v) is 9.17. The molecule has 2 saturated carbocycles. The first-order valence-electron chi connectivity index (χ1n) is 12.2. The van der Waals surface area contributed by atoms with Crippen molar-refractivity contribution >= 4 is 28.3 Å². The summed E-state index contributed by atoms with van der Waals surface area (Å²) in [6.45, 7) is 10.2. The van der Waals surface area contributed by atoms with Crippen molar-refractivity contribution in [2.45, 2.75) is 97.6 Å². The molecule has 2 amide bonds. The quantitative estimate of drug-likeness (QED) is 0.500. The maximum absolute atomic E-state index is 12.9. The van der Waals surface area contributed by atoms with Gasteiger partial charge >= 0.3 is 0 Å². The molecule has 5 atom stereocenters. The first-order chi connectivity index (χ1) is 15.4. The lowest BCUT2D eigenvalue weighted by Gasteiger charge is -2.58. The fraction of sp³-hybridized carbons (Fsp3) is 0.800. The summed E-state index contributed by atoms with van der Waals surface area (Å²) in [4.78, 5) is 31.4. The number of aromatic nitrogens is 1. The van der Waals surface area contributed by atoms with E-state index in [1.165, 1.54) is 11.3 Å². The average molecular weight is 478 g/mol. The summed E-state index contributed by atoms with van der Waals surface area (Å²) in [6, 6.07) is 0.294. The summed E-state index contributed by atoms with van der Waals surface area (Å²) in [5.41, 5.74) is -0.125. The Morgan fingerprint density at radius 3 is 2.48 bits per heavy atom. The van der Waals surface area contributed by atoms with Gasteiger partial charge in [-0.15, -0.1) is 11.3 Å². The molecule has 4 rings (SSSR count). The number of aliphatic hydroxyl groups excluding tert-OH is 2. The van der Waals surface area contributed by atoms with Crippen molar-refractivity contribution in [1.82, 2.24) is 10.3 Å². The Morgan fingerprint density at radius 2 is 1.88 bits per heavy atom. The number of rotatable bonds is 6. The maximum atomic E-state index is 12.9. The number of nitrogens with one attached hydrogen (secondary N) is 2. The highest BCUT2D eigenvalue weighted by molar-refractivity contribution is 7.15. The van der Waals surface area contributed by atoms with E-state index in [1.807, 2.05) is 27.7 Å². The molecule has 184 valence electrons. The van der Waals surface area contributed by atoms with E-state index in [2.05, 4.69) is 17.6 Å². The predicted molar refractivity (Wildman–Crippen MR) is 129 cm³/mol. The van der Waals surface area contributed by atoms with Crippen LogP contribution in [0.3, 0.4) is 0 Å². The number of nitrogens with zero attached hydrogens (tertiary/aromatic N) is 1. The van der Waals surface area contributed by atoms with Gasteiger partial charge in [0.15, 0.2) is 5.13 Å². The van der Waals surface area contributed by atoms with Gasteiger partial charge in [0, 0.05) is 35.1 Å². The number of amides is 2. The zero-order valence-electron chi connectivity index (χ0n) is 20.5. The zero-order chi connectivity index (χ0) is 24.2. The van der Waals surface area contributed by atoms with Gasteiger partial charge in [0.2, 0.25) is 11.8 Å². The van der Waals surface area contributed by atoms with Crippen LogP contribution < -0.4 is 10.6 Å². The Balaban J connectivity index is 1.68. The predicted octanol–water partition coefficient (Wildman–Crippen LogP) is 3.60. The summed E-state index contributed by atoms with van der Waals surface area (Å²) in [5.74, 6) is -0.120. The third-order valence-electron chi connectivity index (χ3n) is 8.16. The highest BCUT2D eigenvalue weighted by atomic mass is 32.1. The summed E-state index contributed by atoms with van der Waals surface area (Å²) in [6.07, 6.45) is 4.30. The van der Waals surface area contributed by atoms with Gasteiger partial charge in [-0.1, -0.05) is 34.6 Å². The number of thiazole rings is 1. The standard InChI is InChI=1S/C25H39N3O4S/c1-23(2,3)12-20(32)27-22-28-21-15(10-19(31)26-14-6-7-14)24(4)9-8-18(30)25(5,13-29)17(24)11-16(21)33-22/h14-15,17-18,29-30H,6-13H2,1-5H3,(H,26,31)(H,27,28,32). The van der Waals surface area contributed by atoms with E-state index in [9.17, 15) is 19.8 Å². The highest BCUT2D eigenvalue weighted by Crippen LogP contribution is 2.62. The van der Waals surface area contributed by atoms with Gasteiger partial charge in [-0.05, 0) is 48.9 Å². The Labute approximate surface area is 200 Å². The van der Waals surface area contributed by atoms with Gasteiger partial charge in [-0.2, -0.15) is 0 Å². The summed E-state index contributed by atoms with van der Waals surface area (Å²) in [5, 5.41) is 27.9. The van der Waals surface area contributed by atoms with Crippen molar-refractivity contribution in [2.24, 2.45) is 22.2 Å². The fourth-order valence-corrected chi connectivity index (χ4v) is 7.13. The maximum Gasteiger partial charge on any atom is 0.226 e. The second-order valence-corrected chi connectivity index (χ2v) is 13.3. The second kappa shape index (κ2) is 8.61. The van der Waals surface area contributed by atoms with Gasteiger partial charge in [-0.3, -0.25) is 9.59 Å². The third kappa shape index (κ3) is 4.84. The van der Waals surface area contributed by atoms with E-state index in [0.29, 0.717) is 36.9 Å². The monoisotopic (exact) mass is 477 g/mol. The number of hydrogen-bond donors (Lipinski definition) is 4. The molecule has 0 aromatic carbocycles. The number of carbonyl (C=O) groups is 2. The van der Waals surface area contributed by atoms with Crippen molar-refractivity contribution in [2.75, 3.05) is 11.9 Å². The molecule has 2 fully saturated rings. The van der Waals surface area contributed by atoms with Crippen LogP contribution in [0.15, 0.2) is 0 Å². The Kier molecular flexibility index (Phi) is 6.42. The van der Waals surface area contributed by atoms with Crippen LogP contribution in [0.25, 0.3) is 0 Å². The summed E-state index contributed by atoms with van der Waals surface area (Å²) in [7, 11) is 0. The number of fused-ring (bicyclic) bond motifs is 2. The summed E-state index contributed by atoms with van der Waals surface area (Å²) >= 11 is 1.48. The molecule has 4 N–H and O–H groups in total. The van der Waals surface area contributed by atoms with E-state index in [4.69, 9.17) is 4.98 Å². The minimum absolute atomic E-state index is 0.0172.